The van der Waals surface area contributed by atoms with E-state index in [1.54, 1.807) is 45.3 Å². The Morgan fingerprint density at radius 1 is 0.725 bits per heavy atom. The third kappa shape index (κ3) is 5.19. The zero-order valence-electron chi connectivity index (χ0n) is 27.1. The maximum absolute atomic E-state index is 13.3. The molecule has 1 spiro atoms. The lowest BCUT2D eigenvalue weighted by Gasteiger charge is -2.40. The smallest absolute Gasteiger partial charge is 0.269 e. The van der Waals surface area contributed by atoms with Crippen molar-refractivity contribution in [2.75, 3.05) is 0 Å². The molecule has 0 saturated heterocycles. The van der Waals surface area contributed by atoms with Gasteiger partial charge in [-0.15, -0.1) is 68.0 Å². The van der Waals surface area contributed by atoms with E-state index in [-0.39, 0.29) is 22.3 Å². The van der Waals surface area contributed by atoms with Gasteiger partial charge in [-0.05, 0) is 63.8 Å². The number of fused-ring (bicyclic) bond motifs is 8. The summed E-state index contributed by atoms with van der Waals surface area (Å²) in [6.45, 7) is 4.40. The molecule has 1 fully saturated rings. The van der Waals surface area contributed by atoms with Gasteiger partial charge in [0.1, 0.15) is 39.2 Å². The van der Waals surface area contributed by atoms with Gasteiger partial charge in [0.2, 0.25) is 0 Å². The molecule has 15 heteroatoms. The zero-order valence-corrected chi connectivity index (χ0v) is 32.0. The van der Waals surface area contributed by atoms with Crippen molar-refractivity contribution in [3.63, 3.8) is 0 Å². The number of rotatable bonds is 4. The predicted molar refractivity (Wildman–Crippen MR) is 207 cm³/mol. The normalized spacial score (nSPS) is 15.3. The monoisotopic (exact) mass is 780 g/mol. The molecule has 0 atom stereocenters. The maximum atomic E-state index is 13.3. The molecule has 6 aromatic rings. The summed E-state index contributed by atoms with van der Waals surface area (Å²) in [6.07, 6.45) is 8.84. The first-order valence-corrected chi connectivity index (χ1v) is 21.0. The minimum absolute atomic E-state index is 0.0585. The van der Waals surface area contributed by atoms with Crippen molar-refractivity contribution < 1.29 is 4.74 Å². The van der Waals surface area contributed by atoms with E-state index in [4.69, 9.17) is 4.74 Å². The number of hydrogen-bond donors (Lipinski definition) is 0. The molecule has 8 rings (SSSR count). The van der Waals surface area contributed by atoms with Crippen molar-refractivity contribution in [3.05, 3.63) is 66.5 Å². The summed E-state index contributed by atoms with van der Waals surface area (Å²) < 4.78 is 16.4. The molecule has 1 aliphatic heterocycles. The molecule has 2 aliphatic rings. The Hall–Kier alpha value is -4.58. The van der Waals surface area contributed by atoms with Gasteiger partial charge < -0.3 is 4.74 Å². The molecular weight excluding hydrogens is 757 g/mol. The van der Waals surface area contributed by atoms with Gasteiger partial charge in [0.25, 0.3) is 11.1 Å². The van der Waals surface area contributed by atoms with Crippen molar-refractivity contribution in [1.29, 1.82) is 21.0 Å². The lowest BCUT2D eigenvalue weighted by molar-refractivity contribution is 0.0282. The quantitative estimate of drug-likeness (QED) is 0.213. The number of nitriles is 4. The first-order chi connectivity index (χ1) is 24.8. The van der Waals surface area contributed by atoms with Crippen molar-refractivity contribution in [2.24, 2.45) is 0 Å². The van der Waals surface area contributed by atoms with Crippen LogP contribution in [-0.2, 0) is 18.7 Å². The molecule has 0 radical (unpaired) electrons. The third-order valence-electron chi connectivity index (χ3n) is 9.21. The number of thiophene rings is 4. The molecule has 0 unspecified atom stereocenters. The van der Waals surface area contributed by atoms with Crippen molar-refractivity contribution >= 4 is 110 Å². The minimum atomic E-state index is -0.463. The van der Waals surface area contributed by atoms with Crippen LogP contribution >= 0.6 is 68.0 Å². The first kappa shape index (κ1) is 33.6. The molecule has 1 aliphatic carbocycles. The van der Waals surface area contributed by atoms with Crippen LogP contribution in [-0.4, -0.2) is 9.13 Å². The number of ether oxygens (including phenoxy) is 1. The third-order valence-corrected chi connectivity index (χ3v) is 16.3. The molecular formula is C36H24N6O3S6. The Morgan fingerprint density at radius 2 is 1.22 bits per heavy atom. The lowest BCUT2D eigenvalue weighted by atomic mass is 9.78. The molecule has 0 aromatic carbocycles. The SMILES string of the molecule is CCn1c(=C(C#N)C#N)s/c(=C\c2cc3sc4c(c3s2)C2(CCCCC2)Oc2c-4sc3cc(/C=c4/sc(=C(C#N)C#N)n(CC)c4=O)sc23)c1=O. The Morgan fingerprint density at radius 3 is 1.73 bits per heavy atom. The van der Waals surface area contributed by atoms with E-state index in [9.17, 15) is 30.6 Å². The largest absolute Gasteiger partial charge is 0.479 e. The Labute approximate surface area is 313 Å². The number of hydrogen-bond acceptors (Lipinski definition) is 13. The van der Waals surface area contributed by atoms with Gasteiger partial charge in [0.15, 0.2) is 16.9 Å². The maximum Gasteiger partial charge on any atom is 0.269 e. The summed E-state index contributed by atoms with van der Waals surface area (Å²) in [6, 6.07) is 11.9. The standard InChI is InChI=1S/C36H24N6O3S6/c1-3-41-32(43)24(50-34(41)18(14-37)15-38)12-20-10-22-28(46-20)26-30(48-22)31-27(45-36(26)8-6-5-7-9-36)29-23(49-31)11-21(47-29)13-25-33(44)42(4-2)35(51-25)19(16-39)17-40/h10-13H,3-9H2,1-2H3/b24-12-,25-13+. The van der Waals surface area contributed by atoms with E-state index in [1.165, 1.54) is 46.9 Å². The zero-order chi connectivity index (χ0) is 35.6. The van der Waals surface area contributed by atoms with Crippen LogP contribution in [0.4, 0.5) is 0 Å². The summed E-state index contributed by atoms with van der Waals surface area (Å²) >= 11 is 9.06. The summed E-state index contributed by atoms with van der Waals surface area (Å²) in [7, 11) is 0. The highest BCUT2D eigenvalue weighted by atomic mass is 32.1. The molecule has 252 valence electrons. The summed E-state index contributed by atoms with van der Waals surface area (Å²) in [5, 5.41) is 37.8. The fraction of sp³-hybridized carbons (Fsp3) is 0.278. The number of thiazole rings is 2. The van der Waals surface area contributed by atoms with E-state index in [0.717, 1.165) is 66.6 Å². The molecule has 0 amide bonds. The van der Waals surface area contributed by atoms with Crippen LogP contribution in [0.5, 0.6) is 5.75 Å². The average Bonchev–Trinajstić information content (AvgIpc) is 3.96. The van der Waals surface area contributed by atoms with Crippen molar-refractivity contribution in [2.45, 2.75) is 64.6 Å². The highest BCUT2D eigenvalue weighted by Gasteiger charge is 2.46. The summed E-state index contributed by atoms with van der Waals surface area (Å²) in [5.41, 5.74) is 0.253. The predicted octanol–water partition coefficient (Wildman–Crippen LogP) is 6.00. The molecule has 6 aromatic heterocycles. The van der Waals surface area contributed by atoms with Gasteiger partial charge >= 0.3 is 0 Å². The van der Waals surface area contributed by atoms with Crippen LogP contribution in [0.15, 0.2) is 21.7 Å². The second kappa shape index (κ2) is 12.9. The fourth-order valence-electron chi connectivity index (χ4n) is 6.96. The first-order valence-electron chi connectivity index (χ1n) is 16.1. The Bertz CT molecular complexity index is 2980. The second-order valence-electron chi connectivity index (χ2n) is 12.0. The van der Waals surface area contributed by atoms with Crippen molar-refractivity contribution in [3.8, 4) is 39.8 Å². The van der Waals surface area contributed by atoms with Gasteiger partial charge in [-0.3, -0.25) is 18.7 Å². The van der Waals surface area contributed by atoms with Crippen LogP contribution in [0.1, 0.15) is 61.3 Å². The average molecular weight is 781 g/mol. The van der Waals surface area contributed by atoms with Crippen LogP contribution in [0.2, 0.25) is 0 Å². The minimum Gasteiger partial charge on any atom is -0.479 e. The van der Waals surface area contributed by atoms with Gasteiger partial charge in [0.05, 0.1) is 32.9 Å². The summed E-state index contributed by atoms with van der Waals surface area (Å²) in [4.78, 5) is 30.7. The summed E-state index contributed by atoms with van der Waals surface area (Å²) in [5.74, 6) is 0.908. The van der Waals surface area contributed by atoms with Crippen LogP contribution < -0.4 is 34.2 Å². The van der Waals surface area contributed by atoms with Gasteiger partial charge in [0, 0.05) is 33.1 Å². The topological polar surface area (TPSA) is 148 Å². The molecule has 9 nitrogen and oxygen atoms in total. The lowest BCUT2D eigenvalue weighted by Crippen LogP contribution is -2.37. The van der Waals surface area contributed by atoms with Gasteiger partial charge in [-0.2, -0.15) is 21.0 Å². The Kier molecular flexibility index (Phi) is 8.47. The van der Waals surface area contributed by atoms with Crippen LogP contribution in [0, 0.1) is 45.3 Å². The van der Waals surface area contributed by atoms with E-state index >= 15 is 0 Å². The molecule has 51 heavy (non-hydrogen) atoms. The van der Waals surface area contributed by atoms with Gasteiger partial charge in [-0.1, -0.05) is 6.42 Å². The Balaban J connectivity index is 1.27. The van der Waals surface area contributed by atoms with E-state index in [1.807, 2.05) is 50.3 Å². The van der Waals surface area contributed by atoms with Crippen LogP contribution in [0.3, 0.4) is 0 Å². The second-order valence-corrected chi connectivity index (χ2v) is 18.4. The van der Waals surface area contributed by atoms with Gasteiger partial charge in [-0.25, -0.2) is 0 Å². The van der Waals surface area contributed by atoms with E-state index < -0.39 is 5.60 Å². The van der Waals surface area contributed by atoms with Crippen molar-refractivity contribution in [1.82, 2.24) is 9.13 Å². The number of aromatic nitrogens is 2. The molecule has 1 saturated carbocycles. The van der Waals surface area contributed by atoms with E-state index in [2.05, 4.69) is 12.1 Å². The fourth-order valence-corrected chi connectivity index (χ4v) is 14.7. The molecule has 0 N–H and O–H groups in total. The highest BCUT2D eigenvalue weighted by Crippen LogP contribution is 2.62. The molecule has 7 heterocycles. The van der Waals surface area contributed by atoms with E-state index in [0.29, 0.717) is 31.5 Å². The van der Waals surface area contributed by atoms with Crippen LogP contribution in [0.25, 0.3) is 51.9 Å². The molecule has 0 bridgehead atoms. The number of nitrogens with zero attached hydrogens (tertiary/aromatic N) is 6. The highest BCUT2D eigenvalue weighted by molar-refractivity contribution is 7.35.